The van der Waals surface area contributed by atoms with Gasteiger partial charge in [-0.25, -0.2) is 13.2 Å². The van der Waals surface area contributed by atoms with E-state index in [1.165, 1.54) is 12.2 Å². The van der Waals surface area contributed by atoms with Gasteiger partial charge in [-0.1, -0.05) is 67.2 Å². The molecule has 1 N–H and O–H groups in total. The van der Waals surface area contributed by atoms with Crippen molar-refractivity contribution >= 4 is 22.7 Å². The quantitative estimate of drug-likeness (QED) is 0.367. The van der Waals surface area contributed by atoms with Gasteiger partial charge in [0.05, 0.1) is 6.10 Å². The van der Waals surface area contributed by atoms with E-state index in [4.69, 9.17) is 9.57 Å². The lowest BCUT2D eigenvalue weighted by molar-refractivity contribution is -0.266. The third-order valence-corrected chi connectivity index (χ3v) is 12.4. The first-order valence-corrected chi connectivity index (χ1v) is 16.8. The van der Waals surface area contributed by atoms with Crippen LogP contribution in [0.2, 0.25) is 0 Å². The third-order valence-electron chi connectivity index (χ3n) is 11.7. The van der Waals surface area contributed by atoms with E-state index in [0.29, 0.717) is 43.6 Å². The number of halogens is 3. The first-order valence-electron chi connectivity index (χ1n) is 15.9. The number of thioether (sulfide) groups is 1. The predicted octanol–water partition coefficient (Wildman–Crippen LogP) is 6.48. The molecular formula is C36H38F3NO5S. The SMILES string of the molecule is CC12C[C@H](O)[C@@]3(F)[C@@H](C[C@H](F)C4=CC(=O)C=C[C@@]43C)[C@@H]1C[C@H]1CN(Cc3ccc(OCc4ccccc4)cc3)O[C@]12C(=O)SCF. The van der Waals surface area contributed by atoms with Gasteiger partial charge < -0.3 is 9.84 Å². The molecule has 4 fully saturated rings. The molecule has 0 bridgehead atoms. The number of allylic oxidation sites excluding steroid dienone is 4. The first kappa shape index (κ1) is 31.7. The summed E-state index contributed by atoms with van der Waals surface area (Å²) in [5.74, 6) is -1.56. The van der Waals surface area contributed by atoms with E-state index in [-0.39, 0.29) is 18.4 Å². The zero-order valence-electron chi connectivity index (χ0n) is 25.8. The second-order valence-electron chi connectivity index (χ2n) is 13.9. The Morgan fingerprint density at radius 3 is 2.54 bits per heavy atom. The van der Waals surface area contributed by atoms with Crippen LogP contribution in [0.25, 0.3) is 0 Å². The van der Waals surface area contributed by atoms with Crippen molar-refractivity contribution in [2.24, 2.45) is 28.6 Å². The van der Waals surface area contributed by atoms with E-state index in [1.54, 1.807) is 12.0 Å². The van der Waals surface area contributed by atoms with Crippen LogP contribution in [0.1, 0.15) is 44.2 Å². The minimum Gasteiger partial charge on any atom is -0.489 e. The second-order valence-corrected chi connectivity index (χ2v) is 14.8. The first-order chi connectivity index (χ1) is 22.0. The summed E-state index contributed by atoms with van der Waals surface area (Å²) in [6, 6.07) is 16.5. The summed E-state index contributed by atoms with van der Waals surface area (Å²) in [7, 11) is 0. The van der Waals surface area contributed by atoms with Crippen LogP contribution in [-0.4, -0.2) is 57.2 Å². The maximum Gasteiger partial charge on any atom is 0.226 e. The van der Waals surface area contributed by atoms with Gasteiger partial charge in [0.1, 0.15) is 24.5 Å². The van der Waals surface area contributed by atoms with Crippen LogP contribution >= 0.6 is 11.8 Å². The second kappa shape index (κ2) is 11.4. The molecule has 4 aliphatic carbocycles. The Morgan fingerprint density at radius 1 is 1.09 bits per heavy atom. The number of ether oxygens (including phenoxy) is 1. The van der Waals surface area contributed by atoms with Crippen molar-refractivity contribution in [3.63, 3.8) is 0 Å². The minimum atomic E-state index is -2.26. The highest BCUT2D eigenvalue weighted by Crippen LogP contribution is 2.73. The molecule has 1 aliphatic heterocycles. The largest absolute Gasteiger partial charge is 0.489 e. The summed E-state index contributed by atoms with van der Waals surface area (Å²) in [6.45, 7) is 4.51. The van der Waals surface area contributed by atoms with Crippen molar-refractivity contribution in [2.75, 3.05) is 12.6 Å². The van der Waals surface area contributed by atoms with Crippen molar-refractivity contribution in [2.45, 2.75) is 69.8 Å². The van der Waals surface area contributed by atoms with E-state index in [0.717, 1.165) is 17.2 Å². The van der Waals surface area contributed by atoms with Crippen molar-refractivity contribution in [3.8, 4) is 5.75 Å². The average molecular weight is 654 g/mol. The molecule has 7 rings (SSSR count). The van der Waals surface area contributed by atoms with Crippen LogP contribution < -0.4 is 4.74 Å². The number of fused-ring (bicyclic) bond motifs is 7. The fourth-order valence-electron chi connectivity index (χ4n) is 9.55. The fourth-order valence-corrected chi connectivity index (χ4v) is 10.3. The Morgan fingerprint density at radius 2 is 1.83 bits per heavy atom. The maximum absolute atomic E-state index is 17.6. The number of hydroxylamine groups is 2. The molecule has 6 nitrogen and oxygen atoms in total. The standard InChI is InChI=1S/C36H38F3NO5S/c1-33-13-12-25(41)15-29(33)30(38)16-28-27-14-24-19-40(18-22-8-10-26(11-9-22)44-20-23-6-4-3-5-7-23)45-36(24,32(43)46-21-37)34(27,2)17-31(42)35(28,33)39/h3-13,15,24,27-28,30-31,42H,14,16-21H2,1-2H3/t24-,27-,28-,30-,31-,33-,34?,35-,36-/m0/s1. The average Bonchev–Trinajstić information content (AvgIpc) is 3.52. The summed E-state index contributed by atoms with van der Waals surface area (Å²) >= 11 is 0.531. The Balaban J connectivity index is 1.15. The lowest BCUT2D eigenvalue weighted by Crippen LogP contribution is -2.70. The Hall–Kier alpha value is -2.92. The van der Waals surface area contributed by atoms with Crippen LogP contribution in [0, 0.1) is 28.6 Å². The monoisotopic (exact) mass is 653 g/mol. The molecule has 46 heavy (non-hydrogen) atoms. The number of rotatable bonds is 7. The van der Waals surface area contributed by atoms with Crippen molar-refractivity contribution in [1.29, 1.82) is 0 Å². The predicted molar refractivity (Wildman–Crippen MR) is 168 cm³/mol. The van der Waals surface area contributed by atoms with Crippen molar-refractivity contribution < 1.29 is 37.4 Å². The molecule has 3 saturated carbocycles. The molecule has 2 aromatic carbocycles. The van der Waals surface area contributed by atoms with E-state index in [9.17, 15) is 19.1 Å². The number of hydrogen-bond donors (Lipinski definition) is 1. The smallest absolute Gasteiger partial charge is 0.226 e. The van der Waals surface area contributed by atoms with E-state index < -0.39 is 69.0 Å². The fraction of sp³-hybridized carbons (Fsp3) is 0.500. The summed E-state index contributed by atoms with van der Waals surface area (Å²) < 4.78 is 53.1. The highest BCUT2D eigenvalue weighted by Gasteiger charge is 2.79. The highest BCUT2D eigenvalue weighted by molar-refractivity contribution is 8.13. The van der Waals surface area contributed by atoms with Gasteiger partial charge in [0, 0.05) is 35.8 Å². The lowest BCUT2D eigenvalue weighted by Gasteiger charge is -2.63. The third kappa shape index (κ3) is 4.50. The zero-order chi connectivity index (χ0) is 32.5. The Bertz CT molecular complexity index is 1590. The molecular weight excluding hydrogens is 615 g/mol. The number of aliphatic hydroxyl groups is 1. The number of aliphatic hydroxyl groups excluding tert-OH is 1. The number of ketones is 1. The van der Waals surface area contributed by atoms with Crippen LogP contribution in [0.4, 0.5) is 13.2 Å². The van der Waals surface area contributed by atoms with E-state index >= 15 is 8.78 Å². The van der Waals surface area contributed by atoms with Gasteiger partial charge in [-0.3, -0.25) is 14.4 Å². The zero-order valence-corrected chi connectivity index (χ0v) is 26.7. The normalized spacial score (nSPS) is 39.7. The van der Waals surface area contributed by atoms with Crippen molar-refractivity contribution in [1.82, 2.24) is 5.06 Å². The molecule has 5 aliphatic rings. The van der Waals surface area contributed by atoms with E-state index in [2.05, 4.69) is 0 Å². The van der Waals surface area contributed by atoms with Crippen LogP contribution in [0.5, 0.6) is 5.75 Å². The number of nitrogens with zero attached hydrogens (tertiary/aromatic N) is 1. The summed E-state index contributed by atoms with van der Waals surface area (Å²) in [5, 5.41) is 12.9. The molecule has 0 aromatic heterocycles. The van der Waals surface area contributed by atoms with Gasteiger partial charge in [-0.2, -0.15) is 5.06 Å². The Labute approximate surface area is 271 Å². The molecule has 1 saturated heterocycles. The number of carbonyl (C=O) groups is 2. The molecule has 9 atom stereocenters. The maximum atomic E-state index is 17.6. The van der Waals surface area contributed by atoms with Gasteiger partial charge >= 0.3 is 0 Å². The molecule has 2 aromatic rings. The molecule has 1 unspecified atom stereocenters. The van der Waals surface area contributed by atoms with Crippen molar-refractivity contribution in [3.05, 3.63) is 89.5 Å². The topological polar surface area (TPSA) is 76.1 Å². The van der Waals surface area contributed by atoms with Crippen LogP contribution in [0.3, 0.4) is 0 Å². The van der Waals surface area contributed by atoms with Gasteiger partial charge in [0.15, 0.2) is 17.1 Å². The van der Waals surface area contributed by atoms with Crippen LogP contribution in [0.15, 0.2) is 78.4 Å². The van der Waals surface area contributed by atoms with Crippen LogP contribution in [-0.2, 0) is 27.6 Å². The highest BCUT2D eigenvalue weighted by atomic mass is 32.2. The Kier molecular flexibility index (Phi) is 7.82. The van der Waals surface area contributed by atoms with Gasteiger partial charge in [0.25, 0.3) is 0 Å². The molecule has 0 spiro atoms. The number of alkyl halides is 3. The molecule has 1 heterocycles. The molecule has 0 amide bonds. The number of carbonyl (C=O) groups excluding carboxylic acids is 2. The van der Waals surface area contributed by atoms with Gasteiger partial charge in [0.2, 0.25) is 5.12 Å². The molecule has 10 heteroatoms. The van der Waals surface area contributed by atoms with Gasteiger partial charge in [-0.15, -0.1) is 0 Å². The lowest BCUT2D eigenvalue weighted by atomic mass is 9.44. The summed E-state index contributed by atoms with van der Waals surface area (Å²) in [6.07, 6.45) is 0.693. The number of benzene rings is 2. The number of hydrogen-bond acceptors (Lipinski definition) is 7. The summed E-state index contributed by atoms with van der Waals surface area (Å²) in [5.41, 5.74) is -4.36. The minimum absolute atomic E-state index is 0.0530. The molecule has 244 valence electrons. The molecule has 0 radical (unpaired) electrons. The summed E-state index contributed by atoms with van der Waals surface area (Å²) in [4.78, 5) is 32.7. The van der Waals surface area contributed by atoms with E-state index in [1.807, 2.05) is 61.5 Å². The van der Waals surface area contributed by atoms with Gasteiger partial charge in [-0.05, 0) is 73.1 Å².